The standard InChI is InChI=1S/C13H19ClN4O/c1-8-3-2-4-9(7-8)16-13(19)12-10(14)5-6-11(17-12)18-15/h5-6,8-9H,2-4,7,15H2,1H3,(H,16,19)(H,17,18). The average molecular weight is 283 g/mol. The summed E-state index contributed by atoms with van der Waals surface area (Å²) in [4.78, 5) is 16.3. The first-order chi connectivity index (χ1) is 9.10. The molecule has 2 atom stereocenters. The maximum Gasteiger partial charge on any atom is 0.271 e. The normalized spacial score (nSPS) is 22.9. The van der Waals surface area contributed by atoms with Gasteiger partial charge in [0.05, 0.1) is 5.02 Å². The van der Waals surface area contributed by atoms with Crippen LogP contribution in [0.2, 0.25) is 5.02 Å². The van der Waals surface area contributed by atoms with Crippen molar-refractivity contribution < 1.29 is 4.79 Å². The number of nitrogens with one attached hydrogen (secondary N) is 2. The summed E-state index contributed by atoms with van der Waals surface area (Å²) in [5.74, 6) is 6.12. The van der Waals surface area contributed by atoms with Crippen LogP contribution >= 0.6 is 11.6 Å². The molecule has 1 heterocycles. The molecule has 6 heteroatoms. The zero-order chi connectivity index (χ0) is 13.8. The predicted molar refractivity (Wildman–Crippen MR) is 75.9 cm³/mol. The zero-order valence-electron chi connectivity index (χ0n) is 10.9. The molecule has 5 nitrogen and oxygen atoms in total. The van der Waals surface area contributed by atoms with Gasteiger partial charge in [0.1, 0.15) is 11.5 Å². The van der Waals surface area contributed by atoms with Crippen molar-refractivity contribution in [2.24, 2.45) is 11.8 Å². The van der Waals surface area contributed by atoms with Gasteiger partial charge >= 0.3 is 0 Å². The van der Waals surface area contributed by atoms with Crippen molar-refractivity contribution in [1.82, 2.24) is 10.3 Å². The topological polar surface area (TPSA) is 80.0 Å². The second-order valence-electron chi connectivity index (χ2n) is 5.11. The monoisotopic (exact) mass is 282 g/mol. The predicted octanol–water partition coefficient (Wildman–Crippen LogP) is 2.33. The van der Waals surface area contributed by atoms with Gasteiger partial charge in [0, 0.05) is 6.04 Å². The molecule has 2 unspecified atom stereocenters. The summed E-state index contributed by atoms with van der Waals surface area (Å²) in [6, 6.07) is 3.45. The third-order valence-electron chi connectivity index (χ3n) is 3.48. The van der Waals surface area contributed by atoms with Gasteiger partial charge in [-0.1, -0.05) is 31.4 Å². The number of nitrogens with zero attached hydrogens (tertiary/aromatic N) is 1. The number of rotatable bonds is 3. The number of anilines is 1. The van der Waals surface area contributed by atoms with E-state index in [1.54, 1.807) is 12.1 Å². The van der Waals surface area contributed by atoms with Crippen molar-refractivity contribution in [3.8, 4) is 0 Å². The molecule has 1 aliphatic rings. The molecule has 0 bridgehead atoms. The number of hydrazine groups is 1. The van der Waals surface area contributed by atoms with Gasteiger partial charge < -0.3 is 10.7 Å². The fraction of sp³-hybridized carbons (Fsp3) is 0.538. The molecule has 0 saturated heterocycles. The minimum Gasteiger partial charge on any atom is -0.348 e. The summed E-state index contributed by atoms with van der Waals surface area (Å²) in [5, 5.41) is 3.34. The Morgan fingerprint density at radius 2 is 2.26 bits per heavy atom. The number of hydrogen-bond acceptors (Lipinski definition) is 4. The summed E-state index contributed by atoms with van der Waals surface area (Å²) in [6.45, 7) is 2.21. The first-order valence-electron chi connectivity index (χ1n) is 6.54. The molecule has 1 saturated carbocycles. The average Bonchev–Trinajstić information content (AvgIpc) is 2.39. The van der Waals surface area contributed by atoms with E-state index in [2.05, 4.69) is 22.7 Å². The maximum atomic E-state index is 12.2. The molecule has 1 aromatic heterocycles. The Morgan fingerprint density at radius 1 is 1.47 bits per heavy atom. The van der Waals surface area contributed by atoms with Crippen molar-refractivity contribution in [2.75, 3.05) is 5.43 Å². The molecule has 0 spiro atoms. The van der Waals surface area contributed by atoms with E-state index >= 15 is 0 Å². The van der Waals surface area contributed by atoms with E-state index in [0.29, 0.717) is 16.8 Å². The minimum atomic E-state index is -0.235. The lowest BCUT2D eigenvalue weighted by atomic mass is 9.87. The Morgan fingerprint density at radius 3 is 2.95 bits per heavy atom. The number of amides is 1. The van der Waals surface area contributed by atoms with Gasteiger partial charge in [-0.05, 0) is 30.9 Å². The highest BCUT2D eigenvalue weighted by Gasteiger charge is 2.22. The van der Waals surface area contributed by atoms with Crippen molar-refractivity contribution in [3.63, 3.8) is 0 Å². The van der Waals surface area contributed by atoms with Crippen LogP contribution in [-0.2, 0) is 0 Å². The largest absolute Gasteiger partial charge is 0.348 e. The van der Waals surface area contributed by atoms with E-state index < -0.39 is 0 Å². The summed E-state index contributed by atoms with van der Waals surface area (Å²) in [5.41, 5.74) is 2.63. The third-order valence-corrected chi connectivity index (χ3v) is 3.79. The number of carbonyl (C=O) groups excluding carboxylic acids is 1. The van der Waals surface area contributed by atoms with Crippen LogP contribution in [0.25, 0.3) is 0 Å². The second kappa shape index (κ2) is 6.21. The minimum absolute atomic E-state index is 0.212. The lowest BCUT2D eigenvalue weighted by molar-refractivity contribution is 0.0916. The van der Waals surface area contributed by atoms with Gasteiger partial charge in [0.25, 0.3) is 5.91 Å². The van der Waals surface area contributed by atoms with Crippen LogP contribution in [0.15, 0.2) is 12.1 Å². The smallest absolute Gasteiger partial charge is 0.271 e. The molecular formula is C13H19ClN4O. The summed E-state index contributed by atoms with van der Waals surface area (Å²) in [7, 11) is 0. The number of nitrogens with two attached hydrogens (primary N) is 1. The number of halogens is 1. The van der Waals surface area contributed by atoms with Crippen LogP contribution < -0.4 is 16.6 Å². The lowest BCUT2D eigenvalue weighted by Crippen LogP contribution is -2.38. The molecule has 0 aromatic carbocycles. The molecule has 1 aromatic rings. The van der Waals surface area contributed by atoms with E-state index in [1.807, 2.05) is 0 Å². The Kier molecular flexibility index (Phi) is 4.61. The van der Waals surface area contributed by atoms with Crippen LogP contribution in [0.3, 0.4) is 0 Å². The Hall–Kier alpha value is -1.33. The van der Waals surface area contributed by atoms with Crippen molar-refractivity contribution in [1.29, 1.82) is 0 Å². The van der Waals surface area contributed by atoms with Crippen LogP contribution in [0.5, 0.6) is 0 Å². The summed E-state index contributed by atoms with van der Waals surface area (Å²) >= 11 is 6.00. The number of carbonyl (C=O) groups is 1. The number of hydrogen-bond donors (Lipinski definition) is 3. The van der Waals surface area contributed by atoms with Crippen LogP contribution in [0.4, 0.5) is 5.82 Å². The fourth-order valence-corrected chi connectivity index (χ4v) is 2.69. The van der Waals surface area contributed by atoms with Crippen LogP contribution in [0, 0.1) is 5.92 Å². The van der Waals surface area contributed by atoms with E-state index in [4.69, 9.17) is 17.4 Å². The number of nitrogen functional groups attached to an aromatic ring is 1. The van der Waals surface area contributed by atoms with E-state index in [1.165, 1.54) is 6.42 Å². The second-order valence-corrected chi connectivity index (χ2v) is 5.52. The number of aromatic nitrogens is 1. The Bertz CT molecular complexity index is 466. The molecule has 4 N–H and O–H groups in total. The summed E-state index contributed by atoms with van der Waals surface area (Å²) < 4.78 is 0. The zero-order valence-corrected chi connectivity index (χ0v) is 11.7. The van der Waals surface area contributed by atoms with Gasteiger partial charge in [-0.15, -0.1) is 0 Å². The molecule has 0 aliphatic heterocycles. The van der Waals surface area contributed by atoms with Gasteiger partial charge in [-0.2, -0.15) is 0 Å². The molecule has 1 fully saturated rings. The van der Waals surface area contributed by atoms with E-state index in [9.17, 15) is 4.79 Å². The van der Waals surface area contributed by atoms with Crippen molar-refractivity contribution in [3.05, 3.63) is 22.8 Å². The van der Waals surface area contributed by atoms with Gasteiger partial charge in [0.15, 0.2) is 0 Å². The van der Waals surface area contributed by atoms with Gasteiger partial charge in [-0.3, -0.25) is 4.79 Å². The first-order valence-corrected chi connectivity index (χ1v) is 6.92. The molecule has 104 valence electrons. The van der Waals surface area contributed by atoms with Crippen LogP contribution in [0.1, 0.15) is 43.1 Å². The van der Waals surface area contributed by atoms with Crippen molar-refractivity contribution in [2.45, 2.75) is 38.6 Å². The molecule has 2 rings (SSSR count). The SMILES string of the molecule is CC1CCCC(NC(=O)c2nc(NN)ccc2Cl)C1. The van der Waals surface area contributed by atoms with E-state index in [0.717, 1.165) is 19.3 Å². The maximum absolute atomic E-state index is 12.2. The lowest BCUT2D eigenvalue weighted by Gasteiger charge is -2.27. The highest BCUT2D eigenvalue weighted by atomic mass is 35.5. The molecule has 1 aliphatic carbocycles. The third kappa shape index (κ3) is 3.58. The van der Waals surface area contributed by atoms with Gasteiger partial charge in [0.2, 0.25) is 0 Å². The van der Waals surface area contributed by atoms with Crippen LogP contribution in [-0.4, -0.2) is 16.9 Å². The molecule has 0 radical (unpaired) electrons. The highest BCUT2D eigenvalue weighted by molar-refractivity contribution is 6.33. The fourth-order valence-electron chi connectivity index (χ4n) is 2.50. The summed E-state index contributed by atoms with van der Waals surface area (Å²) in [6.07, 6.45) is 4.41. The van der Waals surface area contributed by atoms with Gasteiger partial charge in [-0.25, -0.2) is 10.8 Å². The Labute approximate surface area is 117 Å². The van der Waals surface area contributed by atoms with Crippen molar-refractivity contribution >= 4 is 23.3 Å². The molecular weight excluding hydrogens is 264 g/mol. The quantitative estimate of drug-likeness (QED) is 0.587. The highest BCUT2D eigenvalue weighted by Crippen LogP contribution is 2.24. The van der Waals surface area contributed by atoms with E-state index in [-0.39, 0.29) is 17.6 Å². The molecule has 1 amide bonds. The molecule has 19 heavy (non-hydrogen) atoms. The number of pyridine rings is 1. The Balaban J connectivity index is 2.06. The first kappa shape index (κ1) is 14.1.